The molecule has 0 unspecified atom stereocenters. The molecule has 4 heteroatoms. The lowest BCUT2D eigenvalue weighted by Gasteiger charge is -1.58. The SMILES string of the molecule is C/C=I\I=II. The van der Waals surface area contributed by atoms with Crippen LogP contribution in [0.5, 0.6) is 0 Å². The summed E-state index contributed by atoms with van der Waals surface area (Å²) < 4.78 is 2.39. The molecule has 0 aromatic heterocycles. The van der Waals surface area contributed by atoms with Gasteiger partial charge in [-0.05, 0) is 54.8 Å². The van der Waals surface area contributed by atoms with Crippen molar-refractivity contribution in [1.82, 2.24) is 0 Å². The van der Waals surface area contributed by atoms with Crippen molar-refractivity contribution in [2.45, 2.75) is 6.92 Å². The predicted molar refractivity (Wildman–Crippen MR) is 67.8 cm³/mol. The molecule has 0 aliphatic rings. The predicted octanol–water partition coefficient (Wildman–Crippen LogP) is 3.90. The quantitative estimate of drug-likeness (QED) is 0.447. The molecule has 0 aliphatic carbocycles. The molecule has 0 fully saturated rings. The summed E-state index contributed by atoms with van der Waals surface area (Å²) in [6.07, 6.45) is 0. The van der Waals surface area contributed by atoms with Crippen molar-refractivity contribution >= 4 is 64.6 Å². The Morgan fingerprint density at radius 2 is 2.33 bits per heavy atom. The molecule has 0 nitrogen and oxygen atoms in total. The van der Waals surface area contributed by atoms with E-state index < -0.39 is 0 Å². The van der Waals surface area contributed by atoms with E-state index in [9.17, 15) is 0 Å². The highest BCUT2D eigenvalue weighted by molar-refractivity contribution is 15.4. The maximum atomic E-state index is 2.58. The van der Waals surface area contributed by atoms with E-state index >= 15 is 0 Å². The van der Waals surface area contributed by atoms with Gasteiger partial charge in [-0.1, -0.05) is 16.8 Å². The zero-order valence-corrected chi connectivity index (χ0v) is 11.7. The lowest BCUT2D eigenvalue weighted by atomic mass is 11.0. The minimum Gasteiger partial charge on any atom is -0.0513 e. The van der Waals surface area contributed by atoms with Gasteiger partial charge in [0.25, 0.3) is 0 Å². The second kappa shape index (κ2) is 7.79. The van der Waals surface area contributed by atoms with Gasteiger partial charge < -0.3 is 0 Å². The van der Waals surface area contributed by atoms with Crippen LogP contribution in [0.1, 0.15) is 6.92 Å². The van der Waals surface area contributed by atoms with Gasteiger partial charge in [0.2, 0.25) is 0 Å². The van der Waals surface area contributed by atoms with Crippen LogP contribution in [-0.2, 0) is 0 Å². The van der Waals surface area contributed by atoms with Crippen LogP contribution in [0.3, 0.4) is 0 Å². The fourth-order valence-electron chi connectivity index (χ4n) is 0.0430. The van der Waals surface area contributed by atoms with E-state index in [1.54, 1.807) is 0 Å². The molecule has 6 heavy (non-hydrogen) atoms. The van der Waals surface area contributed by atoms with E-state index in [1.165, 1.54) is 0 Å². The fourth-order valence-corrected chi connectivity index (χ4v) is 33.3. The molecular weight excluding hydrogens is 532 g/mol. The smallest absolute Gasteiger partial charge is 0.0000125 e. The van der Waals surface area contributed by atoms with Gasteiger partial charge in [-0.2, -0.15) is 0 Å². The highest BCUT2D eigenvalue weighted by Gasteiger charge is 1.53. The van der Waals surface area contributed by atoms with E-state index in [-0.39, 0.29) is 0 Å². The zero-order chi connectivity index (χ0) is 4.83. The minimum atomic E-state index is 0.654. The number of halogens is 4. The Morgan fingerprint density at radius 3 is 2.50 bits per heavy atom. The molecule has 0 aliphatic heterocycles. The van der Waals surface area contributed by atoms with Crippen molar-refractivity contribution in [1.29, 1.82) is 0 Å². The molecule has 0 bridgehead atoms. The summed E-state index contributed by atoms with van der Waals surface area (Å²) in [5.41, 5.74) is 0. The van der Waals surface area contributed by atoms with Crippen molar-refractivity contribution in [2.24, 2.45) is 0 Å². The standard InChI is InChI=1S/C2H4I4/c1-2-4-6-5-3/h2H,1H3. The van der Waals surface area contributed by atoms with Crippen LogP contribution >= 0.6 is 60.6 Å². The van der Waals surface area contributed by atoms with E-state index in [1.807, 2.05) is 0 Å². The second-order valence-corrected chi connectivity index (χ2v) is 37.8. The Morgan fingerprint density at radius 1 is 1.67 bits per heavy atom. The maximum absolute atomic E-state index is 2.58. The summed E-state index contributed by atoms with van der Waals surface area (Å²) in [7, 11) is 0. The molecule has 0 aromatic carbocycles. The summed E-state index contributed by atoms with van der Waals surface area (Å²) in [5, 5.41) is 0. The van der Waals surface area contributed by atoms with Gasteiger partial charge in [-0.15, -0.1) is 0 Å². The molecule has 40 valence electrons. The minimum absolute atomic E-state index is 0.654. The first-order valence-corrected chi connectivity index (χ1v) is 21.3. The Bertz CT molecular complexity index is 53.9. The number of hydrogen-bond donors (Lipinski definition) is 0. The third-order valence-corrected chi connectivity index (χ3v) is 54.4. The summed E-state index contributed by atoms with van der Waals surface area (Å²) in [6, 6.07) is 0. The van der Waals surface area contributed by atoms with Gasteiger partial charge in [-0.3, -0.25) is 0 Å². The average Bonchev–Trinajstić information content (AvgIpc) is 1.61. The van der Waals surface area contributed by atoms with Crippen molar-refractivity contribution < 1.29 is 0 Å². The van der Waals surface area contributed by atoms with Crippen LogP contribution in [-0.4, -0.2) is 4.01 Å². The van der Waals surface area contributed by atoms with Crippen LogP contribution in [0, 0.1) is 0 Å². The highest BCUT2D eigenvalue weighted by atomic mass is 128. The summed E-state index contributed by atoms with van der Waals surface area (Å²) in [5.74, 6) is 0. The fraction of sp³-hybridized carbons (Fsp3) is 0.500. The van der Waals surface area contributed by atoms with Gasteiger partial charge in [0.15, 0.2) is 0 Å². The number of hydrogen-bond acceptors (Lipinski definition) is 0. The maximum Gasteiger partial charge on any atom is -0.0000125 e. The van der Waals surface area contributed by atoms with E-state index in [2.05, 4.69) is 29.6 Å². The van der Waals surface area contributed by atoms with Crippen molar-refractivity contribution in [2.75, 3.05) is 0 Å². The van der Waals surface area contributed by atoms with Crippen LogP contribution in [0.2, 0.25) is 0 Å². The Labute approximate surface area is 69.5 Å². The third kappa shape index (κ3) is 6.79. The van der Waals surface area contributed by atoms with Gasteiger partial charge in [-0.25, -0.2) is 0 Å². The monoisotopic (exact) mass is 536 g/mol. The first-order chi connectivity index (χ1) is 2.91. The summed E-state index contributed by atoms with van der Waals surface area (Å²) in [6.45, 7) is 2.20. The van der Waals surface area contributed by atoms with E-state index in [4.69, 9.17) is 0 Å². The van der Waals surface area contributed by atoms with Crippen LogP contribution < -0.4 is 0 Å². The Balaban J connectivity index is 3.07. The topological polar surface area (TPSA) is 0 Å². The highest BCUT2D eigenvalue weighted by Crippen LogP contribution is 2.35. The number of rotatable bonds is 1. The van der Waals surface area contributed by atoms with Gasteiger partial charge >= 0.3 is 0 Å². The van der Waals surface area contributed by atoms with Crippen molar-refractivity contribution in [3.8, 4) is 0 Å². The molecule has 0 radical (unpaired) electrons. The molecule has 0 amide bonds. The third-order valence-electron chi connectivity index (χ3n) is 0.134. The lowest BCUT2D eigenvalue weighted by Crippen LogP contribution is -1.28. The molecular formula is C2H4I4. The summed E-state index contributed by atoms with van der Waals surface area (Å²) in [4.78, 5) is 0. The first kappa shape index (κ1) is 8.79. The molecule has 0 saturated carbocycles. The average molecular weight is 536 g/mol. The van der Waals surface area contributed by atoms with Crippen molar-refractivity contribution in [3.63, 3.8) is 0 Å². The normalized spacial score (nSPS) is 15.7. The van der Waals surface area contributed by atoms with E-state index in [0.717, 1.165) is 12.6 Å². The van der Waals surface area contributed by atoms with Gasteiger partial charge in [0, 0.05) is 0 Å². The van der Waals surface area contributed by atoms with Crippen LogP contribution in [0.15, 0.2) is 0 Å². The first-order valence-electron chi connectivity index (χ1n) is 1.22. The zero-order valence-electron chi connectivity index (χ0n) is 3.09. The molecule has 0 spiro atoms. The molecule has 0 atom stereocenters. The van der Waals surface area contributed by atoms with Gasteiger partial charge in [0.1, 0.15) is 0 Å². The van der Waals surface area contributed by atoms with Crippen molar-refractivity contribution in [3.05, 3.63) is 0 Å². The largest absolute Gasteiger partial charge is 0.0513 e. The Hall–Kier alpha value is 2.79. The van der Waals surface area contributed by atoms with Crippen LogP contribution in [0.4, 0.5) is 0 Å². The van der Waals surface area contributed by atoms with E-state index in [0.29, 0.717) is 29.4 Å². The Kier molecular flexibility index (Phi) is 11.4. The molecule has 0 rings (SSSR count). The molecule has 0 aromatic rings. The second-order valence-electron chi connectivity index (χ2n) is 0.409. The summed E-state index contributed by atoms with van der Waals surface area (Å²) >= 11 is 4.71. The van der Waals surface area contributed by atoms with Crippen LogP contribution in [0.25, 0.3) is 0 Å². The molecule has 0 N–H and O–H groups in total. The molecule has 0 heterocycles. The molecule has 0 saturated heterocycles. The lowest BCUT2D eigenvalue weighted by molar-refractivity contribution is 2.15. The van der Waals surface area contributed by atoms with Gasteiger partial charge in [0.05, 0.1) is 0 Å².